The minimum atomic E-state index is -0.300. The molecule has 0 saturated heterocycles. The summed E-state index contributed by atoms with van der Waals surface area (Å²) in [7, 11) is 0. The number of aromatic nitrogens is 1. The highest BCUT2D eigenvalue weighted by Gasteiger charge is 2.08. The van der Waals surface area contributed by atoms with E-state index in [9.17, 15) is 4.79 Å². The molecule has 6 heteroatoms. The molecule has 0 radical (unpaired) electrons. The largest absolute Gasteiger partial charge is 0.493 e. The summed E-state index contributed by atoms with van der Waals surface area (Å²) in [5.41, 5.74) is 5.09. The Balaban J connectivity index is 1.41. The monoisotopic (exact) mass is 396 g/mol. The molecule has 1 aromatic heterocycles. The van der Waals surface area contributed by atoms with Crippen LogP contribution in [-0.2, 0) is 16.1 Å². The van der Waals surface area contributed by atoms with E-state index in [1.807, 2.05) is 68.6 Å². The van der Waals surface area contributed by atoms with Gasteiger partial charge in [-0.15, -0.1) is 11.3 Å². The van der Waals surface area contributed by atoms with Gasteiger partial charge in [-0.3, -0.25) is 4.79 Å². The van der Waals surface area contributed by atoms with E-state index in [2.05, 4.69) is 10.3 Å². The molecule has 0 unspecified atom stereocenters. The number of rotatable bonds is 8. The molecule has 28 heavy (non-hydrogen) atoms. The first-order valence-corrected chi connectivity index (χ1v) is 10.0. The summed E-state index contributed by atoms with van der Waals surface area (Å²) in [6.45, 7) is 6.50. The van der Waals surface area contributed by atoms with Gasteiger partial charge in [0, 0.05) is 11.1 Å². The Kier molecular flexibility index (Phi) is 6.66. The van der Waals surface area contributed by atoms with Crippen molar-refractivity contribution in [1.29, 1.82) is 0 Å². The fourth-order valence-corrected chi connectivity index (χ4v) is 3.24. The van der Waals surface area contributed by atoms with E-state index < -0.39 is 0 Å². The van der Waals surface area contributed by atoms with Crippen LogP contribution in [0.3, 0.4) is 0 Å². The van der Waals surface area contributed by atoms with E-state index >= 15 is 0 Å². The highest BCUT2D eigenvalue weighted by molar-refractivity contribution is 7.13. The number of thiazole rings is 1. The summed E-state index contributed by atoms with van der Waals surface area (Å²) < 4.78 is 11.0. The van der Waals surface area contributed by atoms with Crippen molar-refractivity contribution in [3.63, 3.8) is 0 Å². The first-order chi connectivity index (χ1) is 13.5. The summed E-state index contributed by atoms with van der Waals surface area (Å²) in [5.74, 6) is 0.505. The fraction of sp³-hybridized carbons (Fsp3) is 0.273. The van der Waals surface area contributed by atoms with Gasteiger partial charge in [0.15, 0.2) is 5.13 Å². The highest BCUT2D eigenvalue weighted by Crippen LogP contribution is 2.22. The lowest BCUT2D eigenvalue weighted by Gasteiger charge is -2.09. The number of nitrogens with zero attached hydrogens (tertiary/aromatic N) is 1. The zero-order valence-electron chi connectivity index (χ0n) is 16.3. The number of anilines is 2. The molecule has 146 valence electrons. The SMILES string of the molecule is Cc1ccc(Nc2nc(COC(=O)CCOc3cc(C)ccc3C)cs2)cc1. The van der Waals surface area contributed by atoms with Gasteiger partial charge in [-0.05, 0) is 50.1 Å². The Hall–Kier alpha value is -2.86. The molecular weight excluding hydrogens is 372 g/mol. The normalized spacial score (nSPS) is 10.5. The van der Waals surface area contributed by atoms with E-state index in [-0.39, 0.29) is 19.0 Å². The maximum absolute atomic E-state index is 11.9. The van der Waals surface area contributed by atoms with E-state index in [0.29, 0.717) is 6.61 Å². The predicted octanol–water partition coefficient (Wildman–Crippen LogP) is 5.32. The van der Waals surface area contributed by atoms with Crippen molar-refractivity contribution in [1.82, 2.24) is 4.98 Å². The summed E-state index contributed by atoms with van der Waals surface area (Å²) in [6.07, 6.45) is 0.200. The summed E-state index contributed by atoms with van der Waals surface area (Å²) in [4.78, 5) is 16.4. The molecule has 0 aliphatic heterocycles. The second-order valence-corrected chi connectivity index (χ2v) is 7.52. The van der Waals surface area contributed by atoms with Gasteiger partial charge >= 0.3 is 5.97 Å². The molecule has 0 aliphatic carbocycles. The lowest BCUT2D eigenvalue weighted by atomic mass is 10.1. The van der Waals surface area contributed by atoms with Crippen LogP contribution in [0.2, 0.25) is 0 Å². The van der Waals surface area contributed by atoms with Crippen molar-refractivity contribution in [2.75, 3.05) is 11.9 Å². The van der Waals surface area contributed by atoms with Gasteiger partial charge in [0.25, 0.3) is 0 Å². The molecule has 2 aromatic carbocycles. The van der Waals surface area contributed by atoms with Crippen molar-refractivity contribution in [2.45, 2.75) is 33.8 Å². The summed E-state index contributed by atoms with van der Waals surface area (Å²) in [6, 6.07) is 14.1. The molecular formula is C22H24N2O3S. The van der Waals surface area contributed by atoms with Crippen molar-refractivity contribution < 1.29 is 14.3 Å². The molecule has 0 amide bonds. The van der Waals surface area contributed by atoms with Crippen LogP contribution in [0.15, 0.2) is 47.8 Å². The van der Waals surface area contributed by atoms with Gasteiger partial charge in [-0.1, -0.05) is 29.8 Å². The Morgan fingerprint density at radius 2 is 1.82 bits per heavy atom. The lowest BCUT2D eigenvalue weighted by Crippen LogP contribution is -2.10. The minimum absolute atomic E-state index is 0.161. The van der Waals surface area contributed by atoms with Gasteiger partial charge in [0.1, 0.15) is 12.4 Å². The van der Waals surface area contributed by atoms with Crippen LogP contribution in [0.1, 0.15) is 28.8 Å². The quantitative estimate of drug-likeness (QED) is 0.522. The molecule has 0 bridgehead atoms. The summed E-state index contributed by atoms with van der Waals surface area (Å²) >= 11 is 1.48. The Morgan fingerprint density at radius 1 is 1.07 bits per heavy atom. The topological polar surface area (TPSA) is 60.5 Å². The highest BCUT2D eigenvalue weighted by atomic mass is 32.1. The Morgan fingerprint density at radius 3 is 2.61 bits per heavy atom. The molecule has 1 heterocycles. The first-order valence-electron chi connectivity index (χ1n) is 9.13. The Labute approximate surface area is 169 Å². The van der Waals surface area contributed by atoms with Gasteiger partial charge in [0.2, 0.25) is 0 Å². The molecule has 5 nitrogen and oxygen atoms in total. The third-order valence-corrected chi connectivity index (χ3v) is 4.95. The number of carbonyl (C=O) groups excluding carboxylic acids is 1. The van der Waals surface area contributed by atoms with Crippen LogP contribution in [0.25, 0.3) is 0 Å². The summed E-state index contributed by atoms with van der Waals surface area (Å²) in [5, 5.41) is 5.91. The molecule has 3 aromatic rings. The lowest BCUT2D eigenvalue weighted by molar-refractivity contribution is -0.145. The van der Waals surface area contributed by atoms with Gasteiger partial charge in [-0.2, -0.15) is 0 Å². The molecule has 0 atom stereocenters. The van der Waals surface area contributed by atoms with Crippen molar-refractivity contribution in [3.8, 4) is 5.75 Å². The zero-order chi connectivity index (χ0) is 19.9. The van der Waals surface area contributed by atoms with E-state index in [1.165, 1.54) is 16.9 Å². The molecule has 1 N–H and O–H groups in total. The molecule has 3 rings (SSSR count). The first kappa shape index (κ1) is 19.9. The van der Waals surface area contributed by atoms with Gasteiger partial charge in [0.05, 0.1) is 18.7 Å². The number of aryl methyl sites for hydroxylation is 3. The van der Waals surface area contributed by atoms with Crippen molar-refractivity contribution in [2.24, 2.45) is 0 Å². The van der Waals surface area contributed by atoms with E-state index in [1.54, 1.807) is 0 Å². The predicted molar refractivity (Wildman–Crippen MR) is 112 cm³/mol. The van der Waals surface area contributed by atoms with Crippen LogP contribution in [0.4, 0.5) is 10.8 Å². The number of nitrogens with one attached hydrogen (secondary N) is 1. The smallest absolute Gasteiger partial charge is 0.309 e. The van der Waals surface area contributed by atoms with Crippen molar-refractivity contribution >= 4 is 28.1 Å². The standard InChI is InChI=1S/C22H24N2O3S/c1-15-5-8-18(9-6-15)23-22-24-19(14-28-22)13-27-21(25)10-11-26-20-12-16(2)4-7-17(20)3/h4-9,12,14H,10-11,13H2,1-3H3,(H,23,24). The minimum Gasteiger partial charge on any atom is -0.493 e. The molecule has 0 aliphatic rings. The van der Waals surface area contributed by atoms with Crippen LogP contribution in [-0.4, -0.2) is 17.6 Å². The number of ether oxygens (including phenoxy) is 2. The molecule has 0 saturated carbocycles. The van der Waals surface area contributed by atoms with Crippen LogP contribution < -0.4 is 10.1 Å². The average molecular weight is 397 g/mol. The number of hydrogen-bond donors (Lipinski definition) is 1. The van der Waals surface area contributed by atoms with E-state index in [4.69, 9.17) is 9.47 Å². The number of esters is 1. The number of benzene rings is 2. The molecule has 0 fully saturated rings. The fourth-order valence-electron chi connectivity index (χ4n) is 2.52. The van der Waals surface area contributed by atoms with Crippen LogP contribution >= 0.6 is 11.3 Å². The Bertz CT molecular complexity index is 935. The second kappa shape index (κ2) is 9.37. The number of hydrogen-bond acceptors (Lipinski definition) is 6. The van der Waals surface area contributed by atoms with Gasteiger partial charge < -0.3 is 14.8 Å². The maximum Gasteiger partial charge on any atom is 0.309 e. The average Bonchev–Trinajstić information content (AvgIpc) is 3.12. The third kappa shape index (κ3) is 5.82. The van der Waals surface area contributed by atoms with Crippen molar-refractivity contribution in [3.05, 3.63) is 70.2 Å². The third-order valence-electron chi connectivity index (χ3n) is 4.14. The second-order valence-electron chi connectivity index (χ2n) is 6.66. The van der Waals surface area contributed by atoms with Gasteiger partial charge in [-0.25, -0.2) is 4.98 Å². The maximum atomic E-state index is 11.9. The molecule has 0 spiro atoms. The van der Waals surface area contributed by atoms with E-state index in [0.717, 1.165) is 33.4 Å². The van der Waals surface area contributed by atoms with Crippen LogP contribution in [0, 0.1) is 20.8 Å². The number of carbonyl (C=O) groups is 1. The zero-order valence-corrected chi connectivity index (χ0v) is 17.1. The van der Waals surface area contributed by atoms with Crippen LogP contribution in [0.5, 0.6) is 5.75 Å².